The van der Waals surface area contributed by atoms with E-state index < -0.39 is 0 Å². The maximum Gasteiger partial charge on any atom is 0.415 e. The number of hydrogen-bond donors (Lipinski definition) is 0. The quantitative estimate of drug-likeness (QED) is 0.380. The van der Waals surface area contributed by atoms with Gasteiger partial charge in [-0.25, -0.2) is 9.59 Å². The third-order valence-electron chi connectivity index (χ3n) is 6.87. The minimum Gasteiger partial charge on any atom is -0.410 e. The van der Waals surface area contributed by atoms with E-state index in [-0.39, 0.29) is 24.3 Å². The van der Waals surface area contributed by atoms with Gasteiger partial charge >= 0.3 is 12.2 Å². The second kappa shape index (κ2) is 6.23. The highest BCUT2D eigenvalue weighted by Crippen LogP contribution is 2.54. The molecule has 6 nitrogen and oxygen atoms in total. The molecule has 0 saturated carbocycles. The van der Waals surface area contributed by atoms with Crippen molar-refractivity contribution in [3.8, 4) is 11.5 Å². The molecule has 2 atom stereocenters. The van der Waals surface area contributed by atoms with E-state index in [1.807, 2.05) is 48.5 Å². The van der Waals surface area contributed by atoms with Gasteiger partial charge in [-0.05, 0) is 33.7 Å². The molecule has 1 fully saturated rings. The van der Waals surface area contributed by atoms with Crippen LogP contribution in [0.15, 0.2) is 72.8 Å². The minimum atomic E-state index is -0.377. The number of hydrogen-bond acceptors (Lipinski definition) is 4. The molecular formula is C26H18N2O4. The van der Waals surface area contributed by atoms with Crippen molar-refractivity contribution < 1.29 is 19.1 Å². The number of carbonyl (C=O) groups excluding carboxylic acids is 2. The Hall–Kier alpha value is -4.06. The molecule has 0 N–H and O–H groups in total. The highest BCUT2D eigenvalue weighted by molar-refractivity contribution is 5.94. The van der Waals surface area contributed by atoms with E-state index in [4.69, 9.17) is 9.47 Å². The standard InChI is InChI=1S/C26H18N2O4/c29-25-27-13-14-28-24(22-18-8-4-2-6-16(18)10-12-20(22)32-26(28)30)23(27)21-17-7-3-1-5-15(17)9-11-19(21)31-25/h1-12,23-24H,13-14H2/t23-,24-/m1/s1. The first-order valence-corrected chi connectivity index (χ1v) is 10.7. The predicted octanol–water partition coefficient (Wildman–Crippen LogP) is 5.42. The summed E-state index contributed by atoms with van der Waals surface area (Å²) in [5.41, 5.74) is 1.87. The maximum atomic E-state index is 13.0. The number of ether oxygens (including phenoxy) is 2. The molecular weight excluding hydrogens is 404 g/mol. The number of nitrogens with zero attached hydrogens (tertiary/aromatic N) is 2. The van der Waals surface area contributed by atoms with Crippen molar-refractivity contribution in [2.75, 3.05) is 13.1 Å². The van der Waals surface area contributed by atoms with Crippen molar-refractivity contribution in [3.63, 3.8) is 0 Å². The zero-order valence-corrected chi connectivity index (χ0v) is 17.0. The van der Waals surface area contributed by atoms with E-state index in [9.17, 15) is 9.59 Å². The molecule has 156 valence electrons. The van der Waals surface area contributed by atoms with E-state index in [0.717, 1.165) is 32.7 Å². The molecule has 7 rings (SSSR count). The molecule has 0 unspecified atom stereocenters. The first kappa shape index (κ1) is 17.6. The summed E-state index contributed by atoms with van der Waals surface area (Å²) in [6.07, 6.45) is -0.753. The van der Waals surface area contributed by atoms with Gasteiger partial charge in [-0.3, -0.25) is 9.80 Å². The number of carbonyl (C=O) groups is 2. The van der Waals surface area contributed by atoms with E-state index in [2.05, 4.69) is 24.3 Å². The van der Waals surface area contributed by atoms with Crippen LogP contribution in [-0.2, 0) is 0 Å². The molecule has 2 amide bonds. The van der Waals surface area contributed by atoms with Crippen LogP contribution in [-0.4, -0.2) is 35.1 Å². The van der Waals surface area contributed by atoms with Gasteiger partial charge in [0.2, 0.25) is 0 Å². The average Bonchev–Trinajstić information content (AvgIpc) is 2.83. The molecule has 0 aromatic heterocycles. The van der Waals surface area contributed by atoms with Gasteiger partial charge < -0.3 is 9.47 Å². The Morgan fingerprint density at radius 3 is 1.50 bits per heavy atom. The number of piperazine rings is 1. The van der Waals surface area contributed by atoms with Crippen molar-refractivity contribution in [2.24, 2.45) is 0 Å². The molecule has 4 aromatic rings. The Morgan fingerprint density at radius 1 is 0.594 bits per heavy atom. The van der Waals surface area contributed by atoms with Gasteiger partial charge in [-0.2, -0.15) is 0 Å². The van der Waals surface area contributed by atoms with Crippen LogP contribution in [0.2, 0.25) is 0 Å². The monoisotopic (exact) mass is 422 g/mol. The molecule has 0 radical (unpaired) electrons. The fourth-order valence-electron chi connectivity index (χ4n) is 5.52. The fourth-order valence-corrected chi connectivity index (χ4v) is 5.52. The third-order valence-corrected chi connectivity index (χ3v) is 6.87. The van der Waals surface area contributed by atoms with E-state index in [0.29, 0.717) is 24.6 Å². The lowest BCUT2D eigenvalue weighted by molar-refractivity contribution is 0.0131. The lowest BCUT2D eigenvalue weighted by atomic mass is 9.82. The third kappa shape index (κ3) is 2.24. The zero-order chi connectivity index (χ0) is 21.4. The molecule has 6 heteroatoms. The lowest BCUT2D eigenvalue weighted by Gasteiger charge is -2.51. The molecule has 0 aliphatic carbocycles. The van der Waals surface area contributed by atoms with Crippen LogP contribution in [0, 0.1) is 0 Å². The van der Waals surface area contributed by atoms with Crippen LogP contribution < -0.4 is 9.47 Å². The molecule has 1 saturated heterocycles. The second-order valence-corrected chi connectivity index (χ2v) is 8.41. The van der Waals surface area contributed by atoms with Crippen molar-refractivity contribution in [1.82, 2.24) is 9.80 Å². The van der Waals surface area contributed by atoms with Gasteiger partial charge in [0.25, 0.3) is 0 Å². The maximum absolute atomic E-state index is 13.0. The largest absolute Gasteiger partial charge is 0.415 e. The molecule has 0 spiro atoms. The van der Waals surface area contributed by atoms with Gasteiger partial charge in [0.05, 0.1) is 12.1 Å². The second-order valence-electron chi connectivity index (χ2n) is 8.41. The number of rotatable bonds is 0. The van der Waals surface area contributed by atoms with Crippen LogP contribution in [0.5, 0.6) is 11.5 Å². The van der Waals surface area contributed by atoms with E-state index in [1.54, 1.807) is 9.80 Å². The summed E-state index contributed by atoms with van der Waals surface area (Å²) in [4.78, 5) is 29.6. The van der Waals surface area contributed by atoms with Gasteiger partial charge in [0, 0.05) is 24.2 Å². The number of benzene rings is 4. The summed E-state index contributed by atoms with van der Waals surface area (Å²) < 4.78 is 11.5. The predicted molar refractivity (Wildman–Crippen MR) is 119 cm³/mol. The van der Waals surface area contributed by atoms with Crippen LogP contribution in [0.25, 0.3) is 21.5 Å². The zero-order valence-electron chi connectivity index (χ0n) is 17.0. The topological polar surface area (TPSA) is 59.1 Å². The summed E-state index contributed by atoms with van der Waals surface area (Å²) in [5, 5.41) is 4.18. The summed E-state index contributed by atoms with van der Waals surface area (Å²) in [5.74, 6) is 1.11. The Bertz CT molecular complexity index is 1350. The molecule has 32 heavy (non-hydrogen) atoms. The van der Waals surface area contributed by atoms with E-state index >= 15 is 0 Å². The van der Waals surface area contributed by atoms with Gasteiger partial charge in [-0.15, -0.1) is 0 Å². The molecule has 3 aliphatic heterocycles. The summed E-state index contributed by atoms with van der Waals surface area (Å²) >= 11 is 0. The fraction of sp³-hybridized carbons (Fsp3) is 0.154. The Morgan fingerprint density at radius 2 is 1.03 bits per heavy atom. The van der Waals surface area contributed by atoms with Gasteiger partial charge in [0.1, 0.15) is 11.5 Å². The van der Waals surface area contributed by atoms with Crippen LogP contribution in [0.3, 0.4) is 0 Å². The first-order valence-electron chi connectivity index (χ1n) is 10.7. The highest BCUT2D eigenvalue weighted by Gasteiger charge is 2.51. The first-order chi connectivity index (χ1) is 15.7. The van der Waals surface area contributed by atoms with Crippen molar-refractivity contribution in [1.29, 1.82) is 0 Å². The van der Waals surface area contributed by atoms with E-state index in [1.165, 1.54) is 0 Å². The average molecular weight is 422 g/mol. The normalized spacial score (nSPS) is 21.4. The van der Waals surface area contributed by atoms with Gasteiger partial charge in [-0.1, -0.05) is 60.7 Å². The van der Waals surface area contributed by atoms with Crippen molar-refractivity contribution in [3.05, 3.63) is 83.9 Å². The minimum absolute atomic E-state index is 0.372. The SMILES string of the molecule is O=C1Oc2ccc3ccccc3c2[C@@H]2[C@H]3c4c(ccc5ccccc45)OC(=O)N3CCN12. The van der Waals surface area contributed by atoms with Crippen molar-refractivity contribution in [2.45, 2.75) is 12.1 Å². The van der Waals surface area contributed by atoms with Crippen LogP contribution >= 0.6 is 0 Å². The Balaban J connectivity index is 1.56. The summed E-state index contributed by atoms with van der Waals surface area (Å²) in [6.45, 7) is 0.774. The molecule has 0 bridgehead atoms. The number of fused-ring (bicyclic) bond motifs is 11. The molecule has 3 heterocycles. The van der Waals surface area contributed by atoms with Crippen molar-refractivity contribution >= 4 is 33.7 Å². The molecule has 4 aromatic carbocycles. The Labute approximate surface area is 183 Å². The smallest absolute Gasteiger partial charge is 0.410 e. The number of amides is 2. The highest BCUT2D eigenvalue weighted by atomic mass is 16.6. The van der Waals surface area contributed by atoms with Gasteiger partial charge in [0.15, 0.2) is 0 Å². The Kier molecular flexibility index (Phi) is 3.43. The van der Waals surface area contributed by atoms with Crippen LogP contribution in [0.1, 0.15) is 23.2 Å². The van der Waals surface area contributed by atoms with Crippen LogP contribution in [0.4, 0.5) is 9.59 Å². The summed E-state index contributed by atoms with van der Waals surface area (Å²) in [7, 11) is 0. The molecule has 3 aliphatic rings. The summed E-state index contributed by atoms with van der Waals surface area (Å²) in [6, 6.07) is 23.1. The lowest BCUT2D eigenvalue weighted by Crippen LogP contribution is -2.58.